The molecule has 1 aliphatic heterocycles. The second kappa shape index (κ2) is 8.58. The zero-order valence-electron chi connectivity index (χ0n) is 15.5. The Bertz CT molecular complexity index is 722. The molecule has 3 rings (SSSR count). The van der Waals surface area contributed by atoms with Crippen molar-refractivity contribution in [3.8, 4) is 5.75 Å². The highest BCUT2D eigenvalue weighted by Crippen LogP contribution is 2.23. The van der Waals surface area contributed by atoms with E-state index in [1.54, 1.807) is 0 Å². The van der Waals surface area contributed by atoms with E-state index in [-0.39, 0.29) is 12.5 Å². The minimum absolute atomic E-state index is 0.129. The maximum atomic E-state index is 12.4. The minimum Gasteiger partial charge on any atom is -0.484 e. The normalized spacial score (nSPS) is 20.2. The summed E-state index contributed by atoms with van der Waals surface area (Å²) in [4.78, 5) is 14.3. The number of ether oxygens (including phenoxy) is 1. The molecule has 2 aromatic rings. The Kier molecular flexibility index (Phi) is 6.19. The predicted molar refractivity (Wildman–Crippen MR) is 100 cm³/mol. The highest BCUT2D eigenvalue weighted by atomic mass is 32.2. The van der Waals surface area contributed by atoms with Crippen LogP contribution in [0.15, 0.2) is 33.9 Å². The number of amides is 1. The van der Waals surface area contributed by atoms with Gasteiger partial charge >= 0.3 is 0 Å². The van der Waals surface area contributed by atoms with E-state index in [1.165, 1.54) is 23.7 Å². The summed E-state index contributed by atoms with van der Waals surface area (Å²) in [5.41, 5.74) is 1.18. The standard InChI is InChI=1S/C19H25N3O3S/c1-13-4-6-16(7-5-13)24-11-17-20-21-19(25-17)26-12-18(23)22-9-14(2)8-15(3)10-22/h4-7,14-15H,8-12H2,1-3H3. The van der Waals surface area contributed by atoms with Crippen molar-refractivity contribution < 1.29 is 13.9 Å². The molecule has 0 bridgehead atoms. The summed E-state index contributed by atoms with van der Waals surface area (Å²) in [6.07, 6.45) is 1.19. The van der Waals surface area contributed by atoms with Gasteiger partial charge in [0.25, 0.3) is 11.1 Å². The Balaban J connectivity index is 1.46. The number of aryl methyl sites for hydroxylation is 1. The molecule has 1 fully saturated rings. The van der Waals surface area contributed by atoms with Crippen LogP contribution < -0.4 is 4.74 Å². The van der Waals surface area contributed by atoms with Crippen LogP contribution in [0.5, 0.6) is 5.75 Å². The number of rotatable bonds is 6. The topological polar surface area (TPSA) is 68.5 Å². The van der Waals surface area contributed by atoms with Crippen LogP contribution in [-0.2, 0) is 11.4 Å². The molecule has 1 aromatic heterocycles. The SMILES string of the molecule is Cc1ccc(OCc2nnc(SCC(=O)N3CC(C)CC(C)C3)o2)cc1. The first-order valence-corrected chi connectivity index (χ1v) is 9.90. The van der Waals surface area contributed by atoms with Gasteiger partial charge in [-0.1, -0.05) is 43.3 Å². The van der Waals surface area contributed by atoms with Crippen LogP contribution in [0.1, 0.15) is 31.7 Å². The number of piperidine rings is 1. The van der Waals surface area contributed by atoms with Gasteiger partial charge in [0.2, 0.25) is 5.91 Å². The van der Waals surface area contributed by atoms with Gasteiger partial charge in [-0.2, -0.15) is 0 Å². The van der Waals surface area contributed by atoms with Crippen LogP contribution in [0.25, 0.3) is 0 Å². The molecule has 2 unspecified atom stereocenters. The number of thioether (sulfide) groups is 1. The van der Waals surface area contributed by atoms with Crippen LogP contribution >= 0.6 is 11.8 Å². The summed E-state index contributed by atoms with van der Waals surface area (Å²) in [6, 6.07) is 7.78. The van der Waals surface area contributed by atoms with Crippen LogP contribution in [0.4, 0.5) is 0 Å². The van der Waals surface area contributed by atoms with E-state index in [1.807, 2.05) is 36.1 Å². The van der Waals surface area contributed by atoms with Gasteiger partial charge in [0, 0.05) is 13.1 Å². The van der Waals surface area contributed by atoms with Gasteiger partial charge in [-0.25, -0.2) is 0 Å². The lowest BCUT2D eigenvalue weighted by molar-refractivity contribution is -0.130. The molecule has 1 aromatic carbocycles. The van der Waals surface area contributed by atoms with E-state index in [0.29, 0.717) is 28.7 Å². The van der Waals surface area contributed by atoms with Gasteiger partial charge in [0.05, 0.1) is 5.75 Å². The lowest BCUT2D eigenvalue weighted by Gasteiger charge is -2.34. The number of benzene rings is 1. The molecular formula is C19H25N3O3S. The summed E-state index contributed by atoms with van der Waals surface area (Å²) >= 11 is 1.28. The molecule has 2 atom stereocenters. The van der Waals surface area contributed by atoms with Crippen molar-refractivity contribution in [1.29, 1.82) is 0 Å². The van der Waals surface area contributed by atoms with Gasteiger partial charge in [0.1, 0.15) is 5.75 Å². The molecule has 0 radical (unpaired) electrons. The fraction of sp³-hybridized carbons (Fsp3) is 0.526. The molecule has 2 heterocycles. The maximum Gasteiger partial charge on any atom is 0.277 e. The average molecular weight is 375 g/mol. The third-order valence-electron chi connectivity index (χ3n) is 4.37. The third-order valence-corrected chi connectivity index (χ3v) is 5.18. The highest BCUT2D eigenvalue weighted by molar-refractivity contribution is 7.99. The number of likely N-dealkylation sites (tertiary alicyclic amines) is 1. The van der Waals surface area contributed by atoms with Gasteiger partial charge in [-0.3, -0.25) is 4.79 Å². The van der Waals surface area contributed by atoms with Gasteiger partial charge in [-0.05, 0) is 37.3 Å². The molecule has 0 spiro atoms. The van der Waals surface area contributed by atoms with E-state index in [2.05, 4.69) is 24.0 Å². The summed E-state index contributed by atoms with van der Waals surface area (Å²) < 4.78 is 11.2. The summed E-state index contributed by atoms with van der Waals surface area (Å²) in [5.74, 6) is 2.72. The van der Waals surface area contributed by atoms with Crippen LogP contribution in [0, 0.1) is 18.8 Å². The fourth-order valence-corrected chi connectivity index (χ4v) is 3.90. The number of aromatic nitrogens is 2. The highest BCUT2D eigenvalue weighted by Gasteiger charge is 2.25. The Labute approximate surface area is 158 Å². The number of hydrogen-bond donors (Lipinski definition) is 0. The average Bonchev–Trinajstić information content (AvgIpc) is 3.06. The Morgan fingerprint density at radius 3 is 2.62 bits per heavy atom. The lowest BCUT2D eigenvalue weighted by atomic mass is 9.92. The number of nitrogens with zero attached hydrogens (tertiary/aromatic N) is 3. The number of hydrogen-bond acceptors (Lipinski definition) is 6. The Morgan fingerprint density at radius 2 is 1.92 bits per heavy atom. The van der Waals surface area contributed by atoms with E-state index in [9.17, 15) is 4.79 Å². The lowest BCUT2D eigenvalue weighted by Crippen LogP contribution is -2.43. The largest absolute Gasteiger partial charge is 0.484 e. The molecule has 1 aliphatic rings. The van der Waals surface area contributed by atoms with Crippen molar-refractivity contribution >= 4 is 17.7 Å². The van der Waals surface area contributed by atoms with Crippen LogP contribution in [0.2, 0.25) is 0 Å². The van der Waals surface area contributed by atoms with E-state index >= 15 is 0 Å². The van der Waals surface area contributed by atoms with Crippen molar-refractivity contribution in [2.75, 3.05) is 18.8 Å². The molecule has 1 saturated heterocycles. The summed E-state index contributed by atoms with van der Waals surface area (Å²) in [5, 5.41) is 8.36. The summed E-state index contributed by atoms with van der Waals surface area (Å²) in [6.45, 7) is 8.30. The first-order chi connectivity index (χ1) is 12.5. The first-order valence-electron chi connectivity index (χ1n) is 8.92. The van der Waals surface area contributed by atoms with Crippen molar-refractivity contribution in [2.24, 2.45) is 11.8 Å². The van der Waals surface area contributed by atoms with Crippen LogP contribution in [-0.4, -0.2) is 39.8 Å². The van der Waals surface area contributed by atoms with E-state index in [0.717, 1.165) is 18.8 Å². The van der Waals surface area contributed by atoms with Gasteiger partial charge in [-0.15, -0.1) is 10.2 Å². The molecule has 1 amide bonds. The Hall–Kier alpha value is -2.02. The molecule has 7 heteroatoms. The monoisotopic (exact) mass is 375 g/mol. The third kappa shape index (κ3) is 5.24. The maximum absolute atomic E-state index is 12.4. The number of carbonyl (C=O) groups is 1. The fourth-order valence-electron chi connectivity index (χ4n) is 3.22. The molecule has 0 N–H and O–H groups in total. The van der Waals surface area contributed by atoms with Crippen molar-refractivity contribution in [3.05, 3.63) is 35.7 Å². The molecular weight excluding hydrogens is 350 g/mol. The molecule has 0 aliphatic carbocycles. The summed E-state index contributed by atoms with van der Waals surface area (Å²) in [7, 11) is 0. The minimum atomic E-state index is 0.129. The smallest absolute Gasteiger partial charge is 0.277 e. The van der Waals surface area contributed by atoms with E-state index in [4.69, 9.17) is 9.15 Å². The van der Waals surface area contributed by atoms with E-state index < -0.39 is 0 Å². The first kappa shape index (κ1) is 18.8. The quantitative estimate of drug-likeness (QED) is 0.719. The zero-order valence-corrected chi connectivity index (χ0v) is 16.3. The van der Waals surface area contributed by atoms with Gasteiger partial charge < -0.3 is 14.1 Å². The van der Waals surface area contributed by atoms with Gasteiger partial charge in [0.15, 0.2) is 6.61 Å². The molecule has 0 saturated carbocycles. The Morgan fingerprint density at radius 1 is 1.23 bits per heavy atom. The second-order valence-electron chi connectivity index (χ2n) is 7.10. The van der Waals surface area contributed by atoms with Crippen molar-refractivity contribution in [1.82, 2.24) is 15.1 Å². The molecule has 26 heavy (non-hydrogen) atoms. The number of carbonyl (C=O) groups excluding carboxylic acids is 1. The molecule has 140 valence electrons. The molecule has 6 nitrogen and oxygen atoms in total. The predicted octanol–water partition coefficient (Wildman–Crippen LogP) is 3.55. The second-order valence-corrected chi connectivity index (χ2v) is 8.02. The zero-order chi connectivity index (χ0) is 18.5. The van der Waals surface area contributed by atoms with Crippen LogP contribution in [0.3, 0.4) is 0 Å². The van der Waals surface area contributed by atoms with Crippen molar-refractivity contribution in [3.63, 3.8) is 0 Å². The van der Waals surface area contributed by atoms with Crippen molar-refractivity contribution in [2.45, 2.75) is 39.0 Å².